The zero-order valence-corrected chi connectivity index (χ0v) is 17.3. The molecule has 0 bridgehead atoms. The van der Waals surface area contributed by atoms with Crippen molar-refractivity contribution in [2.45, 2.75) is 32.8 Å². The fourth-order valence-corrected chi connectivity index (χ4v) is 3.96. The number of benzene rings is 2. The average molecular weight is 408 g/mol. The molecule has 0 fully saturated rings. The molecule has 0 spiro atoms. The molecule has 148 valence electrons. The Morgan fingerprint density at radius 2 is 1.90 bits per heavy atom. The minimum atomic E-state index is -1.05. The van der Waals surface area contributed by atoms with Gasteiger partial charge in [-0.25, -0.2) is 4.98 Å². The number of halogens is 1. The summed E-state index contributed by atoms with van der Waals surface area (Å²) in [5.74, 6) is 0.453. The van der Waals surface area contributed by atoms with E-state index >= 15 is 0 Å². The van der Waals surface area contributed by atoms with Crippen LogP contribution in [0.2, 0.25) is 5.02 Å². The van der Waals surface area contributed by atoms with Crippen LogP contribution >= 0.6 is 11.6 Å². The van der Waals surface area contributed by atoms with E-state index in [9.17, 15) is 4.79 Å². The number of ether oxygens (including phenoxy) is 1. The van der Waals surface area contributed by atoms with Crippen molar-refractivity contribution in [1.29, 1.82) is 0 Å². The number of hydrogen-bond donors (Lipinski definition) is 1. The van der Waals surface area contributed by atoms with Crippen molar-refractivity contribution in [3.8, 4) is 0 Å². The van der Waals surface area contributed by atoms with Gasteiger partial charge in [-0.3, -0.25) is 9.78 Å². The number of esters is 1. The number of rotatable bonds is 5. The quantitative estimate of drug-likeness (QED) is 0.436. The van der Waals surface area contributed by atoms with E-state index in [1.165, 1.54) is 6.92 Å². The van der Waals surface area contributed by atoms with E-state index in [2.05, 4.69) is 23.8 Å². The maximum Gasteiger partial charge on any atom is 0.303 e. The Kier molecular flexibility index (Phi) is 5.01. The SMILES string of the molecule is CC(=O)OC(CC(C)C)(c1ccc(Cl)cc1)c1nc2c(cnc3ccccc32)[nH]1. The minimum absolute atomic E-state index is 0.244. The van der Waals surface area contributed by atoms with Crippen LogP contribution in [-0.2, 0) is 15.1 Å². The molecular weight excluding hydrogens is 386 g/mol. The van der Waals surface area contributed by atoms with E-state index < -0.39 is 5.60 Å². The molecule has 0 radical (unpaired) electrons. The zero-order valence-electron chi connectivity index (χ0n) is 16.6. The fourth-order valence-electron chi connectivity index (χ4n) is 3.84. The van der Waals surface area contributed by atoms with Crippen molar-refractivity contribution in [2.75, 3.05) is 0 Å². The lowest BCUT2D eigenvalue weighted by Crippen LogP contribution is -2.36. The van der Waals surface area contributed by atoms with Crippen LogP contribution in [0.4, 0.5) is 0 Å². The Hall–Kier alpha value is -2.92. The Morgan fingerprint density at radius 1 is 1.17 bits per heavy atom. The summed E-state index contributed by atoms with van der Waals surface area (Å²) in [6.07, 6.45) is 2.34. The van der Waals surface area contributed by atoms with Gasteiger partial charge >= 0.3 is 5.97 Å². The Morgan fingerprint density at radius 3 is 2.59 bits per heavy atom. The smallest absolute Gasteiger partial charge is 0.303 e. The molecule has 0 saturated heterocycles. The Bertz CT molecular complexity index is 1180. The lowest BCUT2D eigenvalue weighted by Gasteiger charge is -2.33. The number of imidazole rings is 1. The summed E-state index contributed by atoms with van der Waals surface area (Å²) < 4.78 is 6.01. The topological polar surface area (TPSA) is 67.9 Å². The molecule has 2 aromatic heterocycles. The molecule has 1 atom stereocenters. The number of nitrogens with one attached hydrogen (secondary N) is 1. The molecule has 0 amide bonds. The molecule has 4 aromatic rings. The predicted molar refractivity (Wildman–Crippen MR) is 115 cm³/mol. The van der Waals surface area contributed by atoms with Crippen molar-refractivity contribution >= 4 is 39.5 Å². The van der Waals surface area contributed by atoms with Crippen LogP contribution in [0.15, 0.2) is 54.7 Å². The van der Waals surface area contributed by atoms with E-state index in [-0.39, 0.29) is 11.9 Å². The lowest BCUT2D eigenvalue weighted by atomic mass is 9.84. The van der Waals surface area contributed by atoms with Gasteiger partial charge in [0.25, 0.3) is 0 Å². The van der Waals surface area contributed by atoms with Crippen LogP contribution in [0.25, 0.3) is 21.9 Å². The van der Waals surface area contributed by atoms with Crippen LogP contribution in [0, 0.1) is 5.92 Å². The summed E-state index contributed by atoms with van der Waals surface area (Å²) in [5, 5.41) is 1.57. The summed E-state index contributed by atoms with van der Waals surface area (Å²) in [6, 6.07) is 15.2. The maximum atomic E-state index is 12.2. The minimum Gasteiger partial charge on any atom is -0.446 e. The van der Waals surface area contributed by atoms with Gasteiger partial charge in [0.2, 0.25) is 0 Å². The van der Waals surface area contributed by atoms with E-state index in [1.54, 1.807) is 18.3 Å². The number of carbonyl (C=O) groups is 1. The first-order valence-corrected chi connectivity index (χ1v) is 9.96. The number of hydrogen-bond acceptors (Lipinski definition) is 4. The first-order chi connectivity index (χ1) is 13.9. The first-order valence-electron chi connectivity index (χ1n) is 9.58. The molecule has 6 heteroatoms. The van der Waals surface area contributed by atoms with Crippen LogP contribution in [0.1, 0.15) is 38.6 Å². The molecule has 1 unspecified atom stereocenters. The monoisotopic (exact) mass is 407 g/mol. The standard InChI is InChI=1S/C23H22ClN3O2/c1-14(2)12-23(29-15(3)28,16-8-10-17(24)11-9-16)22-26-20-13-25-19-7-5-4-6-18(19)21(20)27-22/h4-11,13-14H,12H2,1-3H3,(H,26,27). The molecule has 1 N–H and O–H groups in total. The third-order valence-corrected chi connectivity index (χ3v) is 5.18. The third kappa shape index (κ3) is 3.58. The second-order valence-electron chi connectivity index (χ2n) is 7.65. The van der Waals surface area contributed by atoms with E-state index in [4.69, 9.17) is 21.3 Å². The van der Waals surface area contributed by atoms with Gasteiger partial charge in [-0.05, 0) is 24.1 Å². The Labute approximate surface area is 174 Å². The van der Waals surface area contributed by atoms with Gasteiger partial charge in [-0.1, -0.05) is 55.8 Å². The summed E-state index contributed by atoms with van der Waals surface area (Å²) in [6.45, 7) is 5.60. The molecule has 0 aliphatic heterocycles. The highest BCUT2D eigenvalue weighted by atomic mass is 35.5. The van der Waals surface area contributed by atoms with Crippen molar-refractivity contribution in [2.24, 2.45) is 5.92 Å². The first kappa shape index (κ1) is 19.4. The largest absolute Gasteiger partial charge is 0.446 e. The van der Waals surface area contributed by atoms with Crippen LogP contribution in [0.5, 0.6) is 0 Å². The van der Waals surface area contributed by atoms with Gasteiger partial charge in [0, 0.05) is 29.3 Å². The number of aromatic amines is 1. The molecule has 29 heavy (non-hydrogen) atoms. The normalized spacial score (nSPS) is 13.7. The molecule has 4 rings (SSSR count). The number of carbonyl (C=O) groups excluding carboxylic acids is 1. The molecular formula is C23H22ClN3O2. The third-order valence-electron chi connectivity index (χ3n) is 4.93. The molecule has 0 aliphatic carbocycles. The molecule has 5 nitrogen and oxygen atoms in total. The second kappa shape index (κ2) is 7.48. The van der Waals surface area contributed by atoms with E-state index in [0.29, 0.717) is 17.3 Å². The highest BCUT2D eigenvalue weighted by Gasteiger charge is 2.41. The molecule has 0 saturated carbocycles. The predicted octanol–water partition coefficient (Wildman–Crippen LogP) is 5.62. The van der Waals surface area contributed by atoms with Crippen LogP contribution in [0.3, 0.4) is 0 Å². The van der Waals surface area contributed by atoms with Gasteiger partial charge in [0.1, 0.15) is 0 Å². The number of H-pyrrole nitrogens is 1. The van der Waals surface area contributed by atoms with E-state index in [1.807, 2.05) is 36.4 Å². The number of pyridine rings is 1. The summed E-state index contributed by atoms with van der Waals surface area (Å²) >= 11 is 6.11. The number of aromatic nitrogens is 3. The summed E-state index contributed by atoms with van der Waals surface area (Å²) in [7, 11) is 0. The van der Waals surface area contributed by atoms with E-state index in [0.717, 1.165) is 27.5 Å². The second-order valence-corrected chi connectivity index (χ2v) is 8.08. The maximum absolute atomic E-state index is 12.2. The van der Waals surface area contributed by atoms with Crippen molar-refractivity contribution in [1.82, 2.24) is 15.0 Å². The average Bonchev–Trinajstić information content (AvgIpc) is 3.12. The molecule has 2 aromatic carbocycles. The number of fused-ring (bicyclic) bond motifs is 3. The molecule has 0 aliphatic rings. The van der Waals surface area contributed by atoms with Crippen LogP contribution < -0.4 is 0 Å². The summed E-state index contributed by atoms with van der Waals surface area (Å²) in [4.78, 5) is 25.0. The lowest BCUT2D eigenvalue weighted by molar-refractivity contribution is -0.156. The fraction of sp³-hybridized carbons (Fsp3) is 0.261. The van der Waals surface area contributed by atoms with Gasteiger partial charge in [-0.15, -0.1) is 0 Å². The van der Waals surface area contributed by atoms with Gasteiger partial charge in [-0.2, -0.15) is 0 Å². The molecule has 2 heterocycles. The Balaban J connectivity index is 2.00. The van der Waals surface area contributed by atoms with Gasteiger partial charge in [0.15, 0.2) is 11.4 Å². The van der Waals surface area contributed by atoms with Gasteiger partial charge < -0.3 is 9.72 Å². The van der Waals surface area contributed by atoms with Crippen molar-refractivity contribution in [3.63, 3.8) is 0 Å². The number of para-hydroxylation sites is 1. The summed E-state index contributed by atoms with van der Waals surface area (Å²) in [5.41, 5.74) is 2.24. The zero-order chi connectivity index (χ0) is 20.6. The highest BCUT2D eigenvalue weighted by molar-refractivity contribution is 6.30. The highest BCUT2D eigenvalue weighted by Crippen LogP contribution is 2.40. The van der Waals surface area contributed by atoms with Crippen LogP contribution in [-0.4, -0.2) is 20.9 Å². The number of nitrogens with zero attached hydrogens (tertiary/aromatic N) is 2. The van der Waals surface area contributed by atoms with Gasteiger partial charge in [0.05, 0.1) is 22.7 Å². The van der Waals surface area contributed by atoms with Crippen molar-refractivity contribution < 1.29 is 9.53 Å². The van der Waals surface area contributed by atoms with Crippen molar-refractivity contribution in [3.05, 3.63) is 71.1 Å².